The third kappa shape index (κ3) is 4.33. The second kappa shape index (κ2) is 7.66. The number of aromatic amines is 1. The number of amides is 1. The van der Waals surface area contributed by atoms with Crippen LogP contribution in [0.2, 0.25) is 0 Å². The van der Waals surface area contributed by atoms with Gasteiger partial charge in [0.15, 0.2) is 0 Å². The van der Waals surface area contributed by atoms with Gasteiger partial charge in [0.2, 0.25) is 5.56 Å². The highest BCUT2D eigenvalue weighted by molar-refractivity contribution is 5.94. The molecule has 0 aliphatic rings. The van der Waals surface area contributed by atoms with Crippen molar-refractivity contribution in [3.8, 4) is 0 Å². The topological polar surface area (TPSA) is 73.4 Å². The van der Waals surface area contributed by atoms with Gasteiger partial charge in [-0.1, -0.05) is 19.8 Å². The Balaban J connectivity index is 2.72. The van der Waals surface area contributed by atoms with Gasteiger partial charge in [0.25, 0.3) is 5.91 Å². The largest absolute Gasteiger partial charge is 0.395 e. The molecule has 0 aliphatic carbocycles. The summed E-state index contributed by atoms with van der Waals surface area (Å²) in [6, 6.07) is 2.86. The summed E-state index contributed by atoms with van der Waals surface area (Å²) in [5.41, 5.74) is 0.0713. The van der Waals surface area contributed by atoms with Crippen LogP contribution in [0.1, 0.15) is 36.5 Å². The van der Waals surface area contributed by atoms with Gasteiger partial charge in [-0.3, -0.25) is 9.59 Å². The minimum absolute atomic E-state index is 0.0684. The molecule has 1 aromatic heterocycles. The minimum atomic E-state index is -0.293. The number of hydrogen-bond donors (Lipinski definition) is 2. The van der Waals surface area contributed by atoms with Gasteiger partial charge in [-0.2, -0.15) is 0 Å². The van der Waals surface area contributed by atoms with Crippen LogP contribution in [-0.4, -0.2) is 40.6 Å². The summed E-state index contributed by atoms with van der Waals surface area (Å²) in [4.78, 5) is 27.4. The van der Waals surface area contributed by atoms with Crippen molar-refractivity contribution in [1.82, 2.24) is 9.88 Å². The summed E-state index contributed by atoms with van der Waals surface area (Å²) >= 11 is 0. The zero-order valence-electron chi connectivity index (χ0n) is 10.7. The Hall–Kier alpha value is -1.62. The molecule has 0 radical (unpaired) electrons. The first-order valence-corrected chi connectivity index (χ1v) is 6.28. The van der Waals surface area contributed by atoms with E-state index in [0.29, 0.717) is 18.7 Å². The fourth-order valence-corrected chi connectivity index (χ4v) is 1.75. The molecule has 0 unspecified atom stereocenters. The van der Waals surface area contributed by atoms with Gasteiger partial charge in [0.05, 0.1) is 6.61 Å². The molecule has 0 aromatic carbocycles. The lowest BCUT2D eigenvalue weighted by atomic mass is 10.2. The van der Waals surface area contributed by atoms with Crippen molar-refractivity contribution in [2.45, 2.75) is 26.2 Å². The highest BCUT2D eigenvalue weighted by Gasteiger charge is 2.14. The van der Waals surface area contributed by atoms with Crippen LogP contribution in [0.15, 0.2) is 23.1 Å². The first-order valence-electron chi connectivity index (χ1n) is 6.28. The third-order valence-corrected chi connectivity index (χ3v) is 2.71. The van der Waals surface area contributed by atoms with E-state index in [9.17, 15) is 9.59 Å². The van der Waals surface area contributed by atoms with E-state index in [1.165, 1.54) is 12.3 Å². The van der Waals surface area contributed by atoms with Crippen LogP contribution in [0, 0.1) is 0 Å². The molecule has 0 spiro atoms. The molecule has 0 atom stereocenters. The molecule has 1 aromatic rings. The Morgan fingerprint density at radius 1 is 1.39 bits per heavy atom. The smallest absolute Gasteiger partial charge is 0.254 e. The standard InChI is InChI=1S/C13H20N2O3/c1-2-3-4-7-15(8-9-16)13(18)11-5-6-14-12(17)10-11/h5-6,10,16H,2-4,7-9H2,1H3,(H,14,17). The van der Waals surface area contributed by atoms with Crippen LogP contribution >= 0.6 is 0 Å². The monoisotopic (exact) mass is 252 g/mol. The Morgan fingerprint density at radius 2 is 2.17 bits per heavy atom. The number of unbranched alkanes of at least 4 members (excludes halogenated alkanes) is 2. The number of pyridine rings is 1. The molecule has 0 fully saturated rings. The molecule has 5 heteroatoms. The van der Waals surface area contributed by atoms with Crippen molar-refractivity contribution < 1.29 is 9.90 Å². The van der Waals surface area contributed by atoms with Gasteiger partial charge in [0, 0.05) is 30.9 Å². The average Bonchev–Trinajstić information content (AvgIpc) is 2.37. The number of aromatic nitrogens is 1. The van der Waals surface area contributed by atoms with E-state index in [0.717, 1.165) is 19.3 Å². The van der Waals surface area contributed by atoms with E-state index in [2.05, 4.69) is 11.9 Å². The number of aliphatic hydroxyl groups is 1. The minimum Gasteiger partial charge on any atom is -0.395 e. The third-order valence-electron chi connectivity index (χ3n) is 2.71. The van der Waals surface area contributed by atoms with Gasteiger partial charge in [-0.15, -0.1) is 0 Å². The van der Waals surface area contributed by atoms with Gasteiger partial charge >= 0.3 is 0 Å². The Morgan fingerprint density at radius 3 is 2.78 bits per heavy atom. The SMILES string of the molecule is CCCCCN(CCO)C(=O)c1cc[nH]c(=O)c1. The first kappa shape index (κ1) is 14.4. The van der Waals surface area contributed by atoms with Crippen molar-refractivity contribution in [3.63, 3.8) is 0 Å². The second-order valence-electron chi connectivity index (χ2n) is 4.16. The van der Waals surface area contributed by atoms with Crippen LogP contribution in [0.25, 0.3) is 0 Å². The lowest BCUT2D eigenvalue weighted by Gasteiger charge is -2.21. The molecule has 0 aliphatic heterocycles. The number of H-pyrrole nitrogens is 1. The van der Waals surface area contributed by atoms with Crippen LogP contribution in [-0.2, 0) is 0 Å². The quantitative estimate of drug-likeness (QED) is 0.711. The summed E-state index contributed by atoms with van der Waals surface area (Å²) in [5, 5.41) is 8.98. The number of hydrogen-bond acceptors (Lipinski definition) is 3. The van der Waals surface area contributed by atoms with E-state index < -0.39 is 0 Å². The molecular formula is C13H20N2O3. The van der Waals surface area contributed by atoms with Crippen molar-refractivity contribution in [1.29, 1.82) is 0 Å². The lowest BCUT2D eigenvalue weighted by molar-refractivity contribution is 0.0718. The van der Waals surface area contributed by atoms with Gasteiger partial charge in [-0.05, 0) is 12.5 Å². The second-order valence-corrected chi connectivity index (χ2v) is 4.16. The van der Waals surface area contributed by atoms with Crippen molar-refractivity contribution >= 4 is 5.91 Å². The maximum Gasteiger partial charge on any atom is 0.254 e. The molecular weight excluding hydrogens is 232 g/mol. The molecule has 1 heterocycles. The number of carbonyl (C=O) groups is 1. The van der Waals surface area contributed by atoms with Crippen molar-refractivity contribution in [2.75, 3.05) is 19.7 Å². The lowest BCUT2D eigenvalue weighted by Crippen LogP contribution is -2.35. The summed E-state index contributed by atoms with van der Waals surface area (Å²) < 4.78 is 0. The normalized spacial score (nSPS) is 10.3. The zero-order chi connectivity index (χ0) is 13.4. The molecule has 18 heavy (non-hydrogen) atoms. The summed E-state index contributed by atoms with van der Waals surface area (Å²) in [6.45, 7) is 2.94. The molecule has 1 rings (SSSR count). The molecule has 5 nitrogen and oxygen atoms in total. The zero-order valence-corrected chi connectivity index (χ0v) is 10.7. The van der Waals surface area contributed by atoms with E-state index >= 15 is 0 Å². The van der Waals surface area contributed by atoms with Crippen LogP contribution in [0.5, 0.6) is 0 Å². The van der Waals surface area contributed by atoms with Crippen LogP contribution in [0.4, 0.5) is 0 Å². The number of nitrogens with one attached hydrogen (secondary N) is 1. The average molecular weight is 252 g/mol. The maximum absolute atomic E-state index is 12.1. The fourth-order valence-electron chi connectivity index (χ4n) is 1.75. The number of carbonyl (C=O) groups excluding carboxylic acids is 1. The van der Waals surface area contributed by atoms with Crippen LogP contribution < -0.4 is 5.56 Å². The summed E-state index contributed by atoms with van der Waals surface area (Å²) in [6.07, 6.45) is 4.49. The molecule has 0 bridgehead atoms. The highest BCUT2D eigenvalue weighted by atomic mass is 16.3. The predicted molar refractivity (Wildman–Crippen MR) is 69.6 cm³/mol. The van der Waals surface area contributed by atoms with Gasteiger partial charge < -0.3 is 15.0 Å². The Labute approximate surface area is 106 Å². The Kier molecular flexibility index (Phi) is 6.14. The molecule has 1 amide bonds. The summed E-state index contributed by atoms with van der Waals surface area (Å²) in [7, 11) is 0. The maximum atomic E-state index is 12.1. The fraction of sp³-hybridized carbons (Fsp3) is 0.538. The van der Waals surface area contributed by atoms with Crippen molar-refractivity contribution in [2.24, 2.45) is 0 Å². The highest BCUT2D eigenvalue weighted by Crippen LogP contribution is 2.04. The van der Waals surface area contributed by atoms with E-state index in [1.807, 2.05) is 0 Å². The summed E-state index contributed by atoms with van der Waals surface area (Å²) in [5.74, 6) is -0.203. The molecule has 100 valence electrons. The Bertz CT molecular complexity index is 428. The first-order chi connectivity index (χ1) is 8.69. The van der Waals surface area contributed by atoms with Gasteiger partial charge in [-0.25, -0.2) is 0 Å². The number of rotatable bonds is 7. The van der Waals surface area contributed by atoms with Gasteiger partial charge in [0.1, 0.15) is 0 Å². The predicted octanol–water partition coefficient (Wildman–Crippen LogP) is 1.000. The van der Waals surface area contributed by atoms with Crippen molar-refractivity contribution in [3.05, 3.63) is 34.2 Å². The van der Waals surface area contributed by atoms with Crippen LogP contribution in [0.3, 0.4) is 0 Å². The van der Waals surface area contributed by atoms with E-state index in [-0.39, 0.29) is 18.1 Å². The molecule has 0 saturated carbocycles. The van der Waals surface area contributed by atoms with E-state index in [1.54, 1.807) is 11.0 Å². The molecule has 2 N–H and O–H groups in total. The van der Waals surface area contributed by atoms with E-state index in [4.69, 9.17) is 5.11 Å². The molecule has 0 saturated heterocycles. The number of aliphatic hydroxyl groups excluding tert-OH is 1. The number of nitrogens with zero attached hydrogens (tertiary/aromatic N) is 1.